The molecule has 1 aromatic carbocycles. The van der Waals surface area contributed by atoms with Crippen LogP contribution in [0.3, 0.4) is 0 Å². The van der Waals surface area contributed by atoms with Crippen molar-refractivity contribution in [2.75, 3.05) is 12.1 Å². The number of hydrogen-bond donors (Lipinski definition) is 1. The van der Waals surface area contributed by atoms with Gasteiger partial charge in [0, 0.05) is 10.4 Å². The number of aryl methyl sites for hydroxylation is 2. The lowest BCUT2D eigenvalue weighted by atomic mass is 10.2. The van der Waals surface area contributed by atoms with E-state index in [0.29, 0.717) is 22.2 Å². The molecular weight excluding hydrogens is 276 g/mol. The average molecular weight is 288 g/mol. The number of rotatable bonds is 2. The molecule has 0 bridgehead atoms. The summed E-state index contributed by atoms with van der Waals surface area (Å²) in [6.07, 6.45) is 3.27. The molecule has 1 aliphatic carbocycles. The number of hydrogen-bond acceptors (Lipinski definition) is 5. The van der Waals surface area contributed by atoms with Crippen molar-refractivity contribution in [1.82, 2.24) is 4.98 Å². The first-order chi connectivity index (χ1) is 9.79. The van der Waals surface area contributed by atoms with Crippen molar-refractivity contribution < 1.29 is 14.3 Å². The smallest absolute Gasteiger partial charge is 0.257 e. The summed E-state index contributed by atoms with van der Waals surface area (Å²) in [7, 11) is 0. The molecule has 2 aromatic rings. The summed E-state index contributed by atoms with van der Waals surface area (Å²) in [6, 6.07) is 5.17. The van der Waals surface area contributed by atoms with Crippen molar-refractivity contribution in [1.29, 1.82) is 0 Å². The van der Waals surface area contributed by atoms with Crippen LogP contribution in [0.4, 0.5) is 5.13 Å². The van der Waals surface area contributed by atoms with Gasteiger partial charge in [-0.3, -0.25) is 10.1 Å². The number of fused-ring (bicyclic) bond motifs is 2. The largest absolute Gasteiger partial charge is 0.454 e. The van der Waals surface area contributed by atoms with Crippen molar-refractivity contribution in [2.24, 2.45) is 0 Å². The molecule has 0 atom stereocenters. The van der Waals surface area contributed by atoms with Crippen LogP contribution in [0.5, 0.6) is 11.5 Å². The highest BCUT2D eigenvalue weighted by molar-refractivity contribution is 7.15. The number of carbonyl (C=O) groups excluding carboxylic acids is 1. The lowest BCUT2D eigenvalue weighted by Crippen LogP contribution is -2.11. The van der Waals surface area contributed by atoms with Crippen LogP contribution in [0.1, 0.15) is 27.3 Å². The van der Waals surface area contributed by atoms with E-state index in [-0.39, 0.29) is 12.7 Å². The highest BCUT2D eigenvalue weighted by Gasteiger charge is 2.20. The van der Waals surface area contributed by atoms with E-state index in [4.69, 9.17) is 9.47 Å². The molecule has 0 unspecified atom stereocenters. The molecule has 1 amide bonds. The van der Waals surface area contributed by atoms with E-state index in [1.807, 2.05) is 0 Å². The molecule has 1 N–H and O–H groups in total. The predicted octanol–water partition coefficient (Wildman–Crippen LogP) is 2.61. The summed E-state index contributed by atoms with van der Waals surface area (Å²) in [5, 5.41) is 3.53. The standard InChI is InChI=1S/C14H12N2O3S/c17-13(8-4-5-10-11(6-8)19-7-18-10)16-14-15-9-2-1-3-12(9)20-14/h4-6H,1-3,7H2,(H,15,16,17). The van der Waals surface area contributed by atoms with Gasteiger partial charge in [-0.2, -0.15) is 0 Å². The van der Waals surface area contributed by atoms with Crippen LogP contribution in [0.25, 0.3) is 0 Å². The Kier molecular flexibility index (Phi) is 2.63. The van der Waals surface area contributed by atoms with Crippen molar-refractivity contribution >= 4 is 22.4 Å². The van der Waals surface area contributed by atoms with Crippen molar-refractivity contribution in [3.8, 4) is 11.5 Å². The monoisotopic (exact) mass is 288 g/mol. The van der Waals surface area contributed by atoms with Crippen LogP contribution in [-0.2, 0) is 12.8 Å². The Morgan fingerprint density at radius 3 is 3.05 bits per heavy atom. The van der Waals surface area contributed by atoms with E-state index >= 15 is 0 Å². The van der Waals surface area contributed by atoms with Gasteiger partial charge in [0.15, 0.2) is 16.6 Å². The lowest BCUT2D eigenvalue weighted by Gasteiger charge is -2.03. The minimum absolute atomic E-state index is 0.171. The Balaban J connectivity index is 1.55. The molecule has 4 rings (SSSR count). The zero-order valence-corrected chi connectivity index (χ0v) is 11.5. The number of aromatic nitrogens is 1. The summed E-state index contributed by atoms with van der Waals surface area (Å²) < 4.78 is 10.5. The Morgan fingerprint density at radius 2 is 2.15 bits per heavy atom. The Bertz CT molecular complexity index is 674. The van der Waals surface area contributed by atoms with Gasteiger partial charge in [0.05, 0.1) is 5.69 Å². The van der Waals surface area contributed by atoms with Gasteiger partial charge in [-0.05, 0) is 37.5 Å². The molecule has 0 saturated heterocycles. The Labute approximate surface area is 119 Å². The van der Waals surface area contributed by atoms with Crippen LogP contribution < -0.4 is 14.8 Å². The number of ether oxygens (including phenoxy) is 2. The van der Waals surface area contributed by atoms with Gasteiger partial charge in [-0.1, -0.05) is 0 Å². The van der Waals surface area contributed by atoms with Crippen LogP contribution in [0, 0.1) is 0 Å². The second-order valence-electron chi connectivity index (χ2n) is 4.76. The highest BCUT2D eigenvalue weighted by Crippen LogP contribution is 2.33. The average Bonchev–Trinajstić information content (AvgIpc) is 3.11. The first-order valence-electron chi connectivity index (χ1n) is 6.49. The van der Waals surface area contributed by atoms with Gasteiger partial charge < -0.3 is 9.47 Å². The number of nitrogens with one attached hydrogen (secondary N) is 1. The topological polar surface area (TPSA) is 60.5 Å². The van der Waals surface area contributed by atoms with Gasteiger partial charge >= 0.3 is 0 Å². The summed E-state index contributed by atoms with van der Waals surface area (Å²) >= 11 is 1.57. The molecule has 0 radical (unpaired) electrons. The number of carbonyl (C=O) groups is 1. The fourth-order valence-electron chi connectivity index (χ4n) is 2.45. The van der Waals surface area contributed by atoms with Gasteiger partial charge in [-0.15, -0.1) is 11.3 Å². The molecule has 2 heterocycles. The second-order valence-corrected chi connectivity index (χ2v) is 5.85. The Morgan fingerprint density at radius 1 is 1.25 bits per heavy atom. The van der Waals surface area contributed by atoms with E-state index < -0.39 is 0 Å². The van der Waals surface area contributed by atoms with Crippen LogP contribution >= 0.6 is 11.3 Å². The zero-order valence-electron chi connectivity index (χ0n) is 10.6. The maximum absolute atomic E-state index is 12.2. The highest BCUT2D eigenvalue weighted by atomic mass is 32.1. The normalized spacial score (nSPS) is 15.2. The van der Waals surface area contributed by atoms with Crippen LogP contribution in [0.2, 0.25) is 0 Å². The minimum Gasteiger partial charge on any atom is -0.454 e. The van der Waals surface area contributed by atoms with Crippen molar-refractivity contribution in [3.63, 3.8) is 0 Å². The Hall–Kier alpha value is -2.08. The molecule has 102 valence electrons. The minimum atomic E-state index is -0.171. The molecule has 6 heteroatoms. The molecular formula is C14H12N2O3S. The van der Waals surface area contributed by atoms with Gasteiger partial charge in [0.1, 0.15) is 0 Å². The SMILES string of the molecule is O=C(Nc1nc2c(s1)CCC2)c1ccc2c(c1)OCO2. The number of amides is 1. The molecule has 0 saturated carbocycles. The van der Waals surface area contributed by atoms with Gasteiger partial charge in [-0.25, -0.2) is 4.98 Å². The fourth-order valence-corrected chi connectivity index (χ4v) is 3.50. The molecule has 20 heavy (non-hydrogen) atoms. The zero-order chi connectivity index (χ0) is 13.5. The third-order valence-corrected chi connectivity index (χ3v) is 4.52. The fraction of sp³-hybridized carbons (Fsp3) is 0.286. The third kappa shape index (κ3) is 1.92. The van der Waals surface area contributed by atoms with E-state index in [9.17, 15) is 4.79 Å². The lowest BCUT2D eigenvalue weighted by molar-refractivity contribution is 0.102. The molecule has 5 nitrogen and oxygen atoms in total. The molecule has 1 aliphatic heterocycles. The van der Waals surface area contributed by atoms with Gasteiger partial charge in [0.25, 0.3) is 5.91 Å². The number of benzene rings is 1. The number of thiazole rings is 1. The summed E-state index contributed by atoms with van der Waals surface area (Å²) in [4.78, 5) is 18.0. The summed E-state index contributed by atoms with van der Waals surface area (Å²) in [6.45, 7) is 0.208. The predicted molar refractivity (Wildman–Crippen MR) is 74.7 cm³/mol. The van der Waals surface area contributed by atoms with E-state index in [0.717, 1.165) is 18.5 Å². The quantitative estimate of drug-likeness (QED) is 0.922. The first kappa shape index (κ1) is 11.7. The van der Waals surface area contributed by atoms with E-state index in [2.05, 4.69) is 10.3 Å². The molecule has 0 spiro atoms. The maximum Gasteiger partial charge on any atom is 0.257 e. The summed E-state index contributed by atoms with van der Waals surface area (Å²) in [5.41, 5.74) is 1.68. The van der Waals surface area contributed by atoms with Crippen LogP contribution in [-0.4, -0.2) is 17.7 Å². The van der Waals surface area contributed by atoms with Crippen molar-refractivity contribution in [2.45, 2.75) is 19.3 Å². The van der Waals surface area contributed by atoms with E-state index in [1.165, 1.54) is 11.3 Å². The molecule has 0 fully saturated rings. The van der Waals surface area contributed by atoms with Crippen LogP contribution in [0.15, 0.2) is 18.2 Å². The maximum atomic E-state index is 12.2. The third-order valence-electron chi connectivity index (χ3n) is 3.45. The first-order valence-corrected chi connectivity index (χ1v) is 7.31. The second kappa shape index (κ2) is 4.49. The summed E-state index contributed by atoms with van der Waals surface area (Å²) in [5.74, 6) is 1.12. The molecule has 1 aromatic heterocycles. The number of anilines is 1. The molecule has 2 aliphatic rings. The van der Waals surface area contributed by atoms with E-state index in [1.54, 1.807) is 29.5 Å². The van der Waals surface area contributed by atoms with Gasteiger partial charge in [0.2, 0.25) is 6.79 Å². The number of nitrogens with zero attached hydrogens (tertiary/aromatic N) is 1. The van der Waals surface area contributed by atoms with Crippen molar-refractivity contribution in [3.05, 3.63) is 34.3 Å².